The molecule has 1 atom stereocenters. The Morgan fingerprint density at radius 1 is 0.500 bits per heavy atom. The van der Waals surface area contributed by atoms with Crippen LogP contribution in [-0.2, 0) is 14.3 Å². The summed E-state index contributed by atoms with van der Waals surface area (Å²) in [7, 11) is 0. The maximum absolute atomic E-state index is 12.0. The summed E-state index contributed by atoms with van der Waals surface area (Å²) < 4.78 is 5.43. The molecule has 0 heterocycles. The van der Waals surface area contributed by atoms with Crippen molar-refractivity contribution in [3.8, 4) is 0 Å². The summed E-state index contributed by atoms with van der Waals surface area (Å²) >= 11 is 0. The molecule has 330 valence electrons. The van der Waals surface area contributed by atoms with Gasteiger partial charge in [0.25, 0.3) is 0 Å². The highest BCUT2D eigenvalue weighted by atomic mass is 16.5. The highest BCUT2D eigenvalue weighted by Crippen LogP contribution is 2.14. The Morgan fingerprint density at radius 2 is 0.875 bits per heavy atom. The Labute approximate surface area is 348 Å². The molecule has 0 bridgehead atoms. The number of nitrogens with one attached hydrogen (secondary N) is 1. The second-order valence-corrected chi connectivity index (χ2v) is 16.8. The average molecular weight is 789 g/mol. The zero-order valence-corrected chi connectivity index (χ0v) is 37.3. The Hall–Kier alpha value is -1.66. The summed E-state index contributed by atoms with van der Waals surface area (Å²) in [6.07, 6.45) is 56.8. The van der Waals surface area contributed by atoms with Crippen LogP contribution in [0.25, 0.3) is 0 Å². The number of carboxylic acid groups (broad SMARTS) is 1. The summed E-state index contributed by atoms with van der Waals surface area (Å²) in [5, 5.41) is 12.4. The fourth-order valence-electron chi connectivity index (χ4n) is 7.51. The summed E-state index contributed by atoms with van der Waals surface area (Å²) in [5.74, 6) is -0.666. The molecule has 0 rings (SSSR count). The minimum absolute atomic E-state index is 0.00435. The van der Waals surface area contributed by atoms with Gasteiger partial charge in [0.1, 0.15) is 0 Å². The number of allylic oxidation sites excluding steroid dienone is 4. The van der Waals surface area contributed by atoms with Crippen LogP contribution in [0.1, 0.15) is 257 Å². The molecule has 0 saturated carbocycles. The van der Waals surface area contributed by atoms with Gasteiger partial charge in [-0.05, 0) is 90.0 Å². The first-order chi connectivity index (χ1) is 27.6. The largest absolute Gasteiger partial charge is 0.481 e. The summed E-state index contributed by atoms with van der Waals surface area (Å²) in [6.45, 7) is 4.74. The molecule has 56 heavy (non-hydrogen) atoms. The summed E-state index contributed by atoms with van der Waals surface area (Å²) in [5.41, 5.74) is 6.06. The lowest BCUT2D eigenvalue weighted by Gasteiger charge is -2.16. The quantitative estimate of drug-likeness (QED) is 0.0322. The van der Waals surface area contributed by atoms with Gasteiger partial charge in [0.2, 0.25) is 0 Å². The second kappa shape index (κ2) is 47.7. The molecule has 6 heteroatoms. The SMILES string of the molecule is CCCCCCCCCCCCOC(=O)CCCCCCC/C=C\CCCCCCCCNC(CN)CCCCCCCC/C=C\CCCCCCCC(=O)O. The molecular formula is C50H96N2O4. The molecule has 0 aliphatic heterocycles. The number of aliphatic carboxylic acids is 1. The number of carbonyl (C=O) groups excluding carboxylic acids is 1. The summed E-state index contributed by atoms with van der Waals surface area (Å²) in [4.78, 5) is 22.5. The number of hydrogen-bond acceptors (Lipinski definition) is 5. The van der Waals surface area contributed by atoms with Crippen LogP contribution < -0.4 is 11.1 Å². The molecule has 0 aliphatic carbocycles. The van der Waals surface area contributed by atoms with E-state index in [2.05, 4.69) is 36.5 Å². The molecule has 0 amide bonds. The zero-order valence-electron chi connectivity index (χ0n) is 37.3. The van der Waals surface area contributed by atoms with E-state index in [1.54, 1.807) is 0 Å². The number of unbranched alkanes of at least 4 members (excludes halogenated alkanes) is 31. The smallest absolute Gasteiger partial charge is 0.305 e. The monoisotopic (exact) mass is 789 g/mol. The minimum Gasteiger partial charge on any atom is -0.481 e. The van der Waals surface area contributed by atoms with Gasteiger partial charge in [-0.25, -0.2) is 0 Å². The predicted octanol–water partition coefficient (Wildman–Crippen LogP) is 14.9. The lowest BCUT2D eigenvalue weighted by Crippen LogP contribution is -2.36. The first-order valence-corrected chi connectivity index (χ1v) is 24.7. The highest BCUT2D eigenvalue weighted by molar-refractivity contribution is 5.69. The van der Waals surface area contributed by atoms with Crippen LogP contribution in [0.4, 0.5) is 0 Å². The third-order valence-electron chi connectivity index (χ3n) is 11.3. The van der Waals surface area contributed by atoms with Crippen molar-refractivity contribution >= 4 is 11.9 Å². The number of esters is 1. The van der Waals surface area contributed by atoms with E-state index in [4.69, 9.17) is 15.6 Å². The predicted molar refractivity (Wildman–Crippen MR) is 243 cm³/mol. The molecule has 0 fully saturated rings. The third kappa shape index (κ3) is 46.7. The van der Waals surface area contributed by atoms with E-state index in [9.17, 15) is 9.59 Å². The first kappa shape index (κ1) is 54.3. The molecule has 4 N–H and O–H groups in total. The van der Waals surface area contributed by atoms with Gasteiger partial charge in [-0.15, -0.1) is 0 Å². The standard InChI is InChI=1S/C50H96N2O4/c1-2-3-4-5-6-7-26-31-36-41-46-56-50(55)44-39-34-29-24-20-16-12-9-13-17-21-25-30-35-40-45-52-48(47-51)42-37-32-27-22-18-14-10-8-11-15-19-23-28-33-38-43-49(53)54/h8-9,11-12,48,52H,2-7,10,13-47,51H2,1H3,(H,53,54)/b11-8-,12-9-. The van der Waals surface area contributed by atoms with E-state index in [0.717, 1.165) is 51.6 Å². The lowest BCUT2D eigenvalue weighted by molar-refractivity contribution is -0.144. The maximum atomic E-state index is 12.0. The summed E-state index contributed by atoms with van der Waals surface area (Å²) in [6, 6.07) is 0.483. The number of nitrogens with two attached hydrogens (primary N) is 1. The van der Waals surface area contributed by atoms with Crippen LogP contribution >= 0.6 is 0 Å². The topological polar surface area (TPSA) is 102 Å². The molecule has 1 unspecified atom stereocenters. The van der Waals surface area contributed by atoms with Gasteiger partial charge >= 0.3 is 11.9 Å². The van der Waals surface area contributed by atoms with Crippen molar-refractivity contribution in [3.05, 3.63) is 24.3 Å². The van der Waals surface area contributed by atoms with Gasteiger partial charge < -0.3 is 20.9 Å². The molecule has 0 aliphatic rings. The number of carbonyl (C=O) groups is 2. The van der Waals surface area contributed by atoms with Crippen molar-refractivity contribution < 1.29 is 19.4 Å². The van der Waals surface area contributed by atoms with Gasteiger partial charge in [-0.2, -0.15) is 0 Å². The third-order valence-corrected chi connectivity index (χ3v) is 11.3. The number of carboxylic acids is 1. The van der Waals surface area contributed by atoms with E-state index in [-0.39, 0.29) is 5.97 Å². The highest BCUT2D eigenvalue weighted by Gasteiger charge is 2.06. The van der Waals surface area contributed by atoms with Crippen LogP contribution in [0.5, 0.6) is 0 Å². The van der Waals surface area contributed by atoms with Crippen molar-refractivity contribution in [1.82, 2.24) is 5.32 Å². The number of hydrogen-bond donors (Lipinski definition) is 3. The fourth-order valence-corrected chi connectivity index (χ4v) is 7.51. The molecule has 6 nitrogen and oxygen atoms in total. The number of rotatable bonds is 47. The Bertz CT molecular complexity index is 860. The Balaban J connectivity index is 3.35. The molecule has 0 aromatic carbocycles. The average Bonchev–Trinajstić information content (AvgIpc) is 3.19. The van der Waals surface area contributed by atoms with Crippen molar-refractivity contribution in [1.29, 1.82) is 0 Å². The molecule has 0 aromatic heterocycles. The molecular weight excluding hydrogens is 693 g/mol. The van der Waals surface area contributed by atoms with E-state index < -0.39 is 5.97 Å². The van der Waals surface area contributed by atoms with Crippen molar-refractivity contribution in [2.24, 2.45) is 5.73 Å². The van der Waals surface area contributed by atoms with Gasteiger partial charge in [-0.1, -0.05) is 185 Å². The van der Waals surface area contributed by atoms with Crippen molar-refractivity contribution in [2.45, 2.75) is 263 Å². The van der Waals surface area contributed by atoms with E-state index in [0.29, 0.717) is 25.5 Å². The number of ether oxygens (including phenoxy) is 1. The molecule has 0 aromatic rings. The minimum atomic E-state index is -0.670. The van der Waals surface area contributed by atoms with Crippen molar-refractivity contribution in [3.63, 3.8) is 0 Å². The molecule has 0 saturated heterocycles. The van der Waals surface area contributed by atoms with Crippen LogP contribution in [-0.4, -0.2) is 42.8 Å². The Morgan fingerprint density at radius 3 is 1.32 bits per heavy atom. The van der Waals surface area contributed by atoms with Gasteiger partial charge in [-0.3, -0.25) is 9.59 Å². The van der Waals surface area contributed by atoms with Crippen LogP contribution in [0, 0.1) is 0 Å². The maximum Gasteiger partial charge on any atom is 0.305 e. The van der Waals surface area contributed by atoms with Crippen LogP contribution in [0.15, 0.2) is 24.3 Å². The van der Waals surface area contributed by atoms with Crippen LogP contribution in [0.2, 0.25) is 0 Å². The normalized spacial score (nSPS) is 12.3. The van der Waals surface area contributed by atoms with Gasteiger partial charge in [0, 0.05) is 25.4 Å². The van der Waals surface area contributed by atoms with Gasteiger partial charge in [0.15, 0.2) is 0 Å². The van der Waals surface area contributed by atoms with Gasteiger partial charge in [0.05, 0.1) is 6.61 Å². The van der Waals surface area contributed by atoms with E-state index >= 15 is 0 Å². The Kier molecular flexibility index (Phi) is 46.3. The molecule has 0 radical (unpaired) electrons. The van der Waals surface area contributed by atoms with Crippen LogP contribution in [0.3, 0.4) is 0 Å². The van der Waals surface area contributed by atoms with E-state index in [1.165, 1.54) is 199 Å². The fraction of sp³-hybridized carbons (Fsp3) is 0.880. The second-order valence-electron chi connectivity index (χ2n) is 16.8. The zero-order chi connectivity index (χ0) is 40.7. The van der Waals surface area contributed by atoms with E-state index in [1.807, 2.05) is 0 Å². The lowest BCUT2D eigenvalue weighted by atomic mass is 10.0. The molecule has 0 spiro atoms. The van der Waals surface area contributed by atoms with Crippen molar-refractivity contribution in [2.75, 3.05) is 19.7 Å². The first-order valence-electron chi connectivity index (χ1n) is 24.7.